The minimum atomic E-state index is -3.75. The third-order valence-corrected chi connectivity index (χ3v) is 5.95. The Bertz CT molecular complexity index is 1390. The first kappa shape index (κ1) is 23.1. The maximum absolute atomic E-state index is 11.6. The van der Waals surface area contributed by atoms with Gasteiger partial charge in [-0.05, 0) is 47.5 Å². The Kier molecular flexibility index (Phi) is 6.71. The van der Waals surface area contributed by atoms with Crippen LogP contribution in [0, 0.1) is 0 Å². The van der Waals surface area contributed by atoms with Crippen molar-refractivity contribution < 1.29 is 8.42 Å². The van der Waals surface area contributed by atoms with Gasteiger partial charge in [-0.15, -0.1) is 0 Å². The zero-order valence-electron chi connectivity index (χ0n) is 18.8. The second-order valence-corrected chi connectivity index (χ2v) is 9.40. The van der Waals surface area contributed by atoms with Gasteiger partial charge in [0.2, 0.25) is 10.0 Å². The lowest BCUT2D eigenvalue weighted by atomic mass is 10.1. The van der Waals surface area contributed by atoms with Crippen LogP contribution in [-0.4, -0.2) is 37.5 Å². The molecule has 9 nitrogen and oxygen atoms in total. The van der Waals surface area contributed by atoms with E-state index in [1.807, 2.05) is 67.7 Å². The van der Waals surface area contributed by atoms with Crippen molar-refractivity contribution in [3.05, 3.63) is 84.8 Å². The van der Waals surface area contributed by atoms with E-state index < -0.39 is 10.0 Å². The van der Waals surface area contributed by atoms with Crippen LogP contribution in [-0.2, 0) is 16.6 Å². The highest BCUT2D eigenvalue weighted by Gasteiger charge is 2.08. The van der Waals surface area contributed by atoms with Crippen molar-refractivity contribution in [2.45, 2.75) is 11.4 Å². The summed E-state index contributed by atoms with van der Waals surface area (Å²) in [6.45, 7) is 0.380. The molecule has 174 valence electrons. The Morgan fingerprint density at radius 2 is 1.68 bits per heavy atom. The Labute approximate surface area is 198 Å². The van der Waals surface area contributed by atoms with E-state index in [1.54, 1.807) is 12.1 Å². The smallest absolute Gasteiger partial charge is 0.238 e. The number of pyridine rings is 1. The summed E-state index contributed by atoms with van der Waals surface area (Å²) < 4.78 is 23.1. The summed E-state index contributed by atoms with van der Waals surface area (Å²) in [4.78, 5) is 15.0. The summed E-state index contributed by atoms with van der Waals surface area (Å²) in [6, 6.07) is 20.3. The van der Waals surface area contributed by atoms with Crippen LogP contribution in [0.3, 0.4) is 0 Å². The van der Waals surface area contributed by atoms with E-state index in [-0.39, 0.29) is 4.90 Å². The van der Waals surface area contributed by atoms with Crippen LogP contribution < -0.4 is 20.7 Å². The van der Waals surface area contributed by atoms with E-state index in [9.17, 15) is 8.42 Å². The zero-order chi connectivity index (χ0) is 24.1. The predicted octanol–water partition coefficient (Wildman–Crippen LogP) is 3.61. The number of nitrogens with two attached hydrogens (primary N) is 1. The van der Waals surface area contributed by atoms with Crippen molar-refractivity contribution in [1.82, 2.24) is 15.0 Å². The average molecular weight is 476 g/mol. The van der Waals surface area contributed by atoms with Gasteiger partial charge in [0.1, 0.15) is 23.8 Å². The van der Waals surface area contributed by atoms with Gasteiger partial charge in [-0.25, -0.2) is 28.5 Å². The third-order valence-electron chi connectivity index (χ3n) is 5.04. The number of sulfonamides is 1. The molecule has 0 saturated heterocycles. The lowest BCUT2D eigenvalue weighted by Gasteiger charge is -2.12. The number of benzene rings is 2. The van der Waals surface area contributed by atoms with Crippen molar-refractivity contribution in [1.29, 1.82) is 0 Å². The first-order valence-electron chi connectivity index (χ1n) is 10.5. The SMILES string of the molecule is CN(C)c1ccc(-c2cccc(Nc3cc(NCc4cccc(S(N)(=O)=O)c4)ncn3)c2)cn1. The van der Waals surface area contributed by atoms with E-state index in [2.05, 4.69) is 25.6 Å². The number of anilines is 4. The molecule has 2 aromatic heterocycles. The van der Waals surface area contributed by atoms with Crippen LogP contribution >= 0.6 is 0 Å². The van der Waals surface area contributed by atoms with E-state index in [0.717, 1.165) is 28.2 Å². The van der Waals surface area contributed by atoms with E-state index in [1.165, 1.54) is 18.5 Å². The highest BCUT2D eigenvalue weighted by molar-refractivity contribution is 7.89. The van der Waals surface area contributed by atoms with Crippen LogP contribution in [0.15, 0.2) is 84.1 Å². The number of nitrogens with one attached hydrogen (secondary N) is 2. The summed E-state index contributed by atoms with van der Waals surface area (Å²) in [5, 5.41) is 11.7. The van der Waals surface area contributed by atoms with E-state index >= 15 is 0 Å². The fourth-order valence-corrected chi connectivity index (χ4v) is 3.88. The number of primary sulfonamides is 1. The molecule has 0 amide bonds. The van der Waals surface area contributed by atoms with Crippen LogP contribution in [0.5, 0.6) is 0 Å². The summed E-state index contributed by atoms with van der Waals surface area (Å²) in [5.74, 6) is 2.11. The molecule has 0 aliphatic rings. The lowest BCUT2D eigenvalue weighted by Crippen LogP contribution is -2.12. The first-order valence-corrected chi connectivity index (χ1v) is 12.0. The quantitative estimate of drug-likeness (QED) is 0.353. The molecule has 0 spiro atoms. The summed E-state index contributed by atoms with van der Waals surface area (Å²) in [7, 11) is 0.166. The van der Waals surface area contributed by atoms with Crippen molar-refractivity contribution in [3.8, 4) is 11.1 Å². The third kappa shape index (κ3) is 5.85. The van der Waals surface area contributed by atoms with Gasteiger partial charge in [-0.3, -0.25) is 0 Å². The molecule has 34 heavy (non-hydrogen) atoms. The highest BCUT2D eigenvalue weighted by atomic mass is 32.2. The van der Waals surface area contributed by atoms with Crippen molar-refractivity contribution in [2.24, 2.45) is 5.14 Å². The summed E-state index contributed by atoms with van der Waals surface area (Å²) in [5.41, 5.74) is 3.69. The summed E-state index contributed by atoms with van der Waals surface area (Å²) >= 11 is 0. The van der Waals surface area contributed by atoms with Crippen molar-refractivity contribution in [2.75, 3.05) is 29.6 Å². The van der Waals surface area contributed by atoms with Gasteiger partial charge in [0.05, 0.1) is 4.90 Å². The Hall–Kier alpha value is -4.02. The molecule has 0 atom stereocenters. The molecular weight excluding hydrogens is 450 g/mol. The maximum Gasteiger partial charge on any atom is 0.238 e. The number of hydrogen-bond donors (Lipinski definition) is 3. The molecule has 0 fully saturated rings. The maximum atomic E-state index is 11.6. The van der Waals surface area contributed by atoms with E-state index in [0.29, 0.717) is 18.2 Å². The van der Waals surface area contributed by atoms with Crippen LogP contribution in [0.1, 0.15) is 5.56 Å². The standard InChI is InChI=1S/C24H25N7O2S/c1-31(2)24-10-9-19(15-27-24)18-6-4-7-20(12-18)30-23-13-22(28-16-29-23)26-14-17-5-3-8-21(11-17)34(25,32)33/h3-13,15-16H,14H2,1-2H3,(H2,25,32,33)(H2,26,28,29,30). The van der Waals surface area contributed by atoms with Crippen LogP contribution in [0.25, 0.3) is 11.1 Å². The largest absolute Gasteiger partial charge is 0.366 e. The van der Waals surface area contributed by atoms with Gasteiger partial charge in [-0.1, -0.05) is 24.3 Å². The second-order valence-electron chi connectivity index (χ2n) is 7.84. The van der Waals surface area contributed by atoms with Gasteiger partial charge in [-0.2, -0.15) is 0 Å². The fraction of sp³-hybridized carbons (Fsp3) is 0.125. The Morgan fingerprint density at radius 3 is 2.41 bits per heavy atom. The molecule has 0 bridgehead atoms. The molecule has 0 unspecified atom stereocenters. The monoisotopic (exact) mass is 475 g/mol. The van der Waals surface area contributed by atoms with Gasteiger partial charge < -0.3 is 15.5 Å². The second kappa shape index (κ2) is 9.86. The van der Waals surface area contributed by atoms with Crippen LogP contribution in [0.4, 0.5) is 23.1 Å². The topological polar surface area (TPSA) is 126 Å². The molecule has 0 aliphatic carbocycles. The minimum Gasteiger partial charge on any atom is -0.366 e. The molecule has 0 aliphatic heterocycles. The Balaban J connectivity index is 1.45. The van der Waals surface area contributed by atoms with Gasteiger partial charge in [0.15, 0.2) is 0 Å². The van der Waals surface area contributed by atoms with Gasteiger partial charge >= 0.3 is 0 Å². The normalized spacial score (nSPS) is 11.1. The van der Waals surface area contributed by atoms with E-state index in [4.69, 9.17) is 5.14 Å². The highest BCUT2D eigenvalue weighted by Crippen LogP contribution is 2.25. The summed E-state index contributed by atoms with van der Waals surface area (Å²) in [6.07, 6.45) is 3.31. The molecule has 4 rings (SSSR count). The number of aromatic nitrogens is 3. The number of nitrogens with zero attached hydrogens (tertiary/aromatic N) is 4. The van der Waals surface area contributed by atoms with Gasteiger partial charge in [0.25, 0.3) is 0 Å². The zero-order valence-corrected chi connectivity index (χ0v) is 19.6. The minimum absolute atomic E-state index is 0.0725. The van der Waals surface area contributed by atoms with Crippen molar-refractivity contribution >= 4 is 33.2 Å². The average Bonchev–Trinajstić information content (AvgIpc) is 2.83. The van der Waals surface area contributed by atoms with Gasteiger partial charge in [0, 0.05) is 44.2 Å². The molecule has 4 N–H and O–H groups in total. The lowest BCUT2D eigenvalue weighted by molar-refractivity contribution is 0.597. The van der Waals surface area contributed by atoms with Crippen LogP contribution in [0.2, 0.25) is 0 Å². The molecule has 0 saturated carbocycles. The molecule has 2 heterocycles. The molecule has 0 radical (unpaired) electrons. The number of hydrogen-bond acceptors (Lipinski definition) is 8. The fourth-order valence-electron chi connectivity index (χ4n) is 3.29. The molecule has 4 aromatic rings. The number of rotatable bonds is 8. The first-order chi connectivity index (χ1) is 16.3. The molecular formula is C24H25N7O2S. The van der Waals surface area contributed by atoms with Crippen molar-refractivity contribution in [3.63, 3.8) is 0 Å². The molecule has 2 aromatic carbocycles. The predicted molar refractivity (Wildman–Crippen MR) is 134 cm³/mol. The molecule has 10 heteroatoms. The Morgan fingerprint density at radius 1 is 0.882 bits per heavy atom.